The summed E-state index contributed by atoms with van der Waals surface area (Å²) >= 11 is 4.60. The van der Waals surface area contributed by atoms with E-state index < -0.39 is 5.60 Å². The first-order chi connectivity index (χ1) is 7.26. The zero-order valence-electron chi connectivity index (χ0n) is 10.5. The summed E-state index contributed by atoms with van der Waals surface area (Å²) in [5.41, 5.74) is -0.418. The van der Waals surface area contributed by atoms with Crippen LogP contribution in [0.5, 0.6) is 0 Å². The largest absolute Gasteiger partial charge is 0.444 e. The van der Waals surface area contributed by atoms with Crippen molar-refractivity contribution in [1.29, 1.82) is 0 Å². The lowest BCUT2D eigenvalue weighted by Crippen LogP contribution is -2.45. The van der Waals surface area contributed by atoms with Crippen LogP contribution in [-0.4, -0.2) is 34.4 Å². The summed E-state index contributed by atoms with van der Waals surface area (Å²) in [5.74, 6) is 0. The first-order valence-electron chi connectivity index (χ1n) is 5.75. The molecule has 0 unspecified atom stereocenters. The Kier molecular flexibility index (Phi) is 4.16. The van der Waals surface area contributed by atoms with Gasteiger partial charge in [0.05, 0.1) is 0 Å². The predicted molar refractivity (Wildman–Crippen MR) is 68.7 cm³/mol. The molecule has 0 saturated carbocycles. The Bertz CT molecular complexity index is 252. The molecule has 1 saturated heterocycles. The Morgan fingerprint density at radius 2 is 1.94 bits per heavy atom. The van der Waals surface area contributed by atoms with Gasteiger partial charge < -0.3 is 9.64 Å². The van der Waals surface area contributed by atoms with E-state index in [-0.39, 0.29) is 10.8 Å². The lowest BCUT2D eigenvalue weighted by atomic mass is 9.93. The SMILES string of the molecule is [CH2]CC1(S)CCN(C(=O)OC(C)(C)C)CC1. The first kappa shape index (κ1) is 13.7. The van der Waals surface area contributed by atoms with Gasteiger partial charge in [-0.15, -0.1) is 0 Å². The number of amides is 1. The summed E-state index contributed by atoms with van der Waals surface area (Å²) in [6.45, 7) is 11.0. The van der Waals surface area contributed by atoms with Crippen molar-refractivity contribution < 1.29 is 9.53 Å². The Hall–Kier alpha value is -0.380. The number of hydrogen-bond acceptors (Lipinski definition) is 3. The van der Waals surface area contributed by atoms with E-state index in [1.54, 1.807) is 4.90 Å². The summed E-state index contributed by atoms with van der Waals surface area (Å²) in [6.07, 6.45) is 2.36. The molecular formula is C12H22NO2S. The second-order valence-corrected chi connectivity index (χ2v) is 6.39. The zero-order valence-corrected chi connectivity index (χ0v) is 11.3. The molecule has 0 aromatic rings. The molecule has 0 bridgehead atoms. The third-order valence-electron chi connectivity index (χ3n) is 2.81. The highest BCUT2D eigenvalue weighted by Gasteiger charge is 2.32. The minimum Gasteiger partial charge on any atom is -0.444 e. The van der Waals surface area contributed by atoms with Crippen LogP contribution in [0, 0.1) is 6.92 Å². The van der Waals surface area contributed by atoms with Crippen LogP contribution in [0.15, 0.2) is 0 Å². The van der Waals surface area contributed by atoms with E-state index in [9.17, 15) is 4.79 Å². The van der Waals surface area contributed by atoms with Gasteiger partial charge in [0.2, 0.25) is 0 Å². The third-order valence-corrected chi connectivity index (χ3v) is 3.48. The van der Waals surface area contributed by atoms with E-state index >= 15 is 0 Å². The standard InChI is InChI=1S/C12H22NO2S/c1-5-12(16)6-8-13(9-7-12)10(14)15-11(2,3)4/h16H,1,5-9H2,2-4H3. The number of rotatable bonds is 1. The molecule has 0 aliphatic carbocycles. The van der Waals surface area contributed by atoms with Crippen molar-refractivity contribution in [3.05, 3.63) is 6.92 Å². The molecule has 1 heterocycles. The summed E-state index contributed by atoms with van der Waals surface area (Å²) < 4.78 is 5.32. The minimum atomic E-state index is -0.418. The van der Waals surface area contributed by atoms with Gasteiger partial charge >= 0.3 is 6.09 Å². The molecule has 0 aromatic heterocycles. The van der Waals surface area contributed by atoms with Crippen molar-refractivity contribution in [2.75, 3.05) is 13.1 Å². The van der Waals surface area contributed by atoms with Crippen LogP contribution >= 0.6 is 12.6 Å². The maximum atomic E-state index is 11.8. The van der Waals surface area contributed by atoms with E-state index in [0.29, 0.717) is 13.1 Å². The lowest BCUT2D eigenvalue weighted by Gasteiger charge is -2.38. The quantitative estimate of drug-likeness (QED) is 0.719. The molecule has 0 spiro atoms. The summed E-state index contributed by atoms with van der Waals surface area (Å²) in [6, 6.07) is 0. The number of carbonyl (C=O) groups is 1. The highest BCUT2D eigenvalue weighted by Crippen LogP contribution is 2.32. The second kappa shape index (κ2) is 4.86. The van der Waals surface area contributed by atoms with Crippen molar-refractivity contribution in [2.45, 2.75) is 50.4 Å². The Labute approximate surface area is 104 Å². The number of hydrogen-bond donors (Lipinski definition) is 1. The molecule has 1 aliphatic rings. The average Bonchev–Trinajstić information content (AvgIpc) is 2.16. The normalized spacial score (nSPS) is 20.7. The summed E-state index contributed by atoms with van der Waals surface area (Å²) in [4.78, 5) is 13.5. The molecule has 4 heteroatoms. The van der Waals surface area contributed by atoms with Crippen LogP contribution in [0.2, 0.25) is 0 Å². The second-order valence-electron chi connectivity index (χ2n) is 5.44. The molecule has 1 fully saturated rings. The smallest absolute Gasteiger partial charge is 0.410 e. The van der Waals surface area contributed by atoms with E-state index in [0.717, 1.165) is 19.3 Å². The van der Waals surface area contributed by atoms with Crippen LogP contribution < -0.4 is 0 Å². The van der Waals surface area contributed by atoms with E-state index in [1.807, 2.05) is 20.8 Å². The van der Waals surface area contributed by atoms with Crippen LogP contribution in [-0.2, 0) is 4.74 Å². The van der Waals surface area contributed by atoms with Gasteiger partial charge in [-0.1, -0.05) is 6.92 Å². The fourth-order valence-corrected chi connectivity index (χ4v) is 1.88. The molecule has 0 atom stereocenters. The van der Waals surface area contributed by atoms with Gasteiger partial charge in [0.25, 0.3) is 0 Å². The van der Waals surface area contributed by atoms with Crippen molar-refractivity contribution >= 4 is 18.7 Å². The molecule has 0 N–H and O–H groups in total. The van der Waals surface area contributed by atoms with Crippen molar-refractivity contribution in [1.82, 2.24) is 4.90 Å². The van der Waals surface area contributed by atoms with Crippen LogP contribution in [0.3, 0.4) is 0 Å². The van der Waals surface area contributed by atoms with Gasteiger partial charge in [0.15, 0.2) is 0 Å². The number of nitrogens with zero attached hydrogens (tertiary/aromatic N) is 1. The fraction of sp³-hybridized carbons (Fsp3) is 0.833. The monoisotopic (exact) mass is 244 g/mol. The van der Waals surface area contributed by atoms with Crippen LogP contribution in [0.4, 0.5) is 4.79 Å². The minimum absolute atomic E-state index is 0.00148. The van der Waals surface area contributed by atoms with Crippen molar-refractivity contribution in [3.8, 4) is 0 Å². The van der Waals surface area contributed by atoms with E-state index in [4.69, 9.17) is 4.74 Å². The molecule has 93 valence electrons. The molecule has 1 radical (unpaired) electrons. The summed E-state index contributed by atoms with van der Waals surface area (Å²) in [5, 5.41) is 0. The number of carbonyl (C=O) groups excluding carboxylic acids is 1. The molecule has 1 amide bonds. The van der Waals surface area contributed by atoms with Crippen LogP contribution in [0.25, 0.3) is 0 Å². The first-order valence-corrected chi connectivity index (χ1v) is 6.20. The maximum Gasteiger partial charge on any atom is 0.410 e. The van der Waals surface area contributed by atoms with Gasteiger partial charge in [0, 0.05) is 17.8 Å². The van der Waals surface area contributed by atoms with Gasteiger partial charge in [0.1, 0.15) is 5.60 Å². The van der Waals surface area contributed by atoms with Crippen molar-refractivity contribution in [3.63, 3.8) is 0 Å². The fourth-order valence-electron chi connectivity index (χ4n) is 1.68. The number of piperidine rings is 1. The van der Waals surface area contributed by atoms with Gasteiger partial charge in [-0.05, 0) is 40.0 Å². The molecule has 1 rings (SSSR count). The highest BCUT2D eigenvalue weighted by atomic mass is 32.1. The Morgan fingerprint density at radius 1 is 1.44 bits per heavy atom. The number of ether oxygens (including phenoxy) is 1. The van der Waals surface area contributed by atoms with Gasteiger partial charge in [-0.25, -0.2) is 4.79 Å². The molecular weight excluding hydrogens is 222 g/mol. The van der Waals surface area contributed by atoms with E-state index in [2.05, 4.69) is 19.6 Å². The highest BCUT2D eigenvalue weighted by molar-refractivity contribution is 7.81. The van der Waals surface area contributed by atoms with Gasteiger partial charge in [-0.3, -0.25) is 0 Å². The molecule has 3 nitrogen and oxygen atoms in total. The maximum absolute atomic E-state index is 11.8. The molecule has 16 heavy (non-hydrogen) atoms. The third kappa shape index (κ3) is 3.89. The van der Waals surface area contributed by atoms with E-state index in [1.165, 1.54) is 0 Å². The van der Waals surface area contributed by atoms with Gasteiger partial charge in [-0.2, -0.15) is 12.6 Å². The lowest BCUT2D eigenvalue weighted by molar-refractivity contribution is 0.0198. The molecule has 0 aromatic carbocycles. The topological polar surface area (TPSA) is 29.5 Å². The summed E-state index contributed by atoms with van der Waals surface area (Å²) in [7, 11) is 0. The van der Waals surface area contributed by atoms with Crippen molar-refractivity contribution in [2.24, 2.45) is 0 Å². The molecule has 1 aliphatic heterocycles. The Balaban J connectivity index is 2.45. The zero-order chi connectivity index (χ0) is 12.4. The predicted octanol–water partition coefficient (Wildman–Crippen LogP) is 2.91. The van der Waals surface area contributed by atoms with Crippen LogP contribution in [0.1, 0.15) is 40.0 Å². The Morgan fingerprint density at radius 3 is 2.31 bits per heavy atom. The number of likely N-dealkylation sites (tertiary alicyclic amines) is 1. The number of thiol groups is 1. The average molecular weight is 244 g/mol.